The van der Waals surface area contributed by atoms with Crippen LogP contribution in [0.15, 0.2) is 48.2 Å². The minimum absolute atomic E-state index is 0.108. The zero-order valence-electron chi connectivity index (χ0n) is 18.4. The summed E-state index contributed by atoms with van der Waals surface area (Å²) < 4.78 is 33.0. The quantitative estimate of drug-likeness (QED) is 0.284. The van der Waals surface area contributed by atoms with E-state index in [1.54, 1.807) is 55.5 Å². The van der Waals surface area contributed by atoms with Gasteiger partial charge >= 0.3 is 5.97 Å². The summed E-state index contributed by atoms with van der Waals surface area (Å²) in [5, 5.41) is 0.488. The molecule has 0 amide bonds. The minimum atomic E-state index is -0.573. The third kappa shape index (κ3) is 3.77. The van der Waals surface area contributed by atoms with Crippen molar-refractivity contribution >= 4 is 29.4 Å². The number of ketones is 1. The van der Waals surface area contributed by atoms with Gasteiger partial charge in [0.15, 0.2) is 24.1 Å². The van der Waals surface area contributed by atoms with Gasteiger partial charge in [0.25, 0.3) is 0 Å². The highest BCUT2D eigenvalue weighted by Crippen LogP contribution is 2.41. The lowest BCUT2D eigenvalue weighted by molar-refractivity contribution is -0.0165. The van der Waals surface area contributed by atoms with Crippen molar-refractivity contribution in [1.29, 1.82) is 0 Å². The van der Waals surface area contributed by atoms with Crippen LogP contribution in [0.3, 0.4) is 0 Å². The largest absolute Gasteiger partial charge is 0.467 e. The molecule has 3 aliphatic heterocycles. The number of rotatable bonds is 3. The minimum Gasteiger partial charge on any atom is -0.467 e. The van der Waals surface area contributed by atoms with E-state index in [0.717, 1.165) is 5.56 Å². The zero-order valence-corrected chi connectivity index (χ0v) is 19.1. The molecule has 3 aromatic carbocycles. The van der Waals surface area contributed by atoms with Crippen molar-refractivity contribution in [3.05, 3.63) is 81.1 Å². The summed E-state index contributed by atoms with van der Waals surface area (Å²) in [6.45, 7) is 2.30. The molecule has 0 fully saturated rings. The molecule has 6 rings (SSSR count). The number of hydrogen-bond donors (Lipinski definition) is 0. The number of allylic oxidation sites excluding steroid dienone is 1. The predicted octanol–water partition coefficient (Wildman–Crippen LogP) is 5.08. The highest BCUT2D eigenvalue weighted by Gasteiger charge is 2.31. The molecule has 0 spiro atoms. The van der Waals surface area contributed by atoms with Crippen molar-refractivity contribution < 1.29 is 38.0 Å². The SMILES string of the molecule is Cc1c(OC(=O)c2ccc3c(c2)OCO3)ccc2c1O/C(=C\c1cc(Cl)cc3c1OCOC3)C2=O. The molecule has 0 bridgehead atoms. The number of carbonyl (C=O) groups excluding carboxylic acids is 2. The highest BCUT2D eigenvalue weighted by molar-refractivity contribution is 6.31. The molecule has 0 N–H and O–H groups in total. The van der Waals surface area contributed by atoms with Gasteiger partial charge in [0.1, 0.15) is 17.2 Å². The molecule has 0 atom stereocenters. The van der Waals surface area contributed by atoms with Crippen LogP contribution in [0, 0.1) is 6.92 Å². The molecule has 0 unspecified atom stereocenters. The van der Waals surface area contributed by atoms with Crippen molar-refractivity contribution in [2.24, 2.45) is 0 Å². The molecule has 0 saturated heterocycles. The van der Waals surface area contributed by atoms with Crippen LogP contribution in [0.4, 0.5) is 0 Å². The second kappa shape index (κ2) is 8.33. The van der Waals surface area contributed by atoms with E-state index < -0.39 is 5.97 Å². The molecule has 0 aromatic heterocycles. The Balaban J connectivity index is 1.28. The van der Waals surface area contributed by atoms with Crippen LogP contribution in [0.5, 0.6) is 28.7 Å². The monoisotopic (exact) mass is 492 g/mol. The number of esters is 1. The Bertz CT molecular complexity index is 1440. The average Bonchev–Trinajstić information content (AvgIpc) is 3.45. The summed E-state index contributed by atoms with van der Waals surface area (Å²) in [7, 11) is 0. The molecule has 35 heavy (non-hydrogen) atoms. The first kappa shape index (κ1) is 21.5. The number of halogens is 1. The fraction of sp³-hybridized carbons (Fsp3) is 0.154. The van der Waals surface area contributed by atoms with E-state index >= 15 is 0 Å². The average molecular weight is 493 g/mol. The van der Waals surface area contributed by atoms with E-state index in [1.165, 1.54) is 0 Å². The second-order valence-electron chi connectivity index (χ2n) is 8.06. The Labute approximate surface area is 204 Å². The molecule has 0 aliphatic carbocycles. The molecule has 9 heteroatoms. The van der Waals surface area contributed by atoms with Gasteiger partial charge in [-0.15, -0.1) is 0 Å². The molecule has 176 valence electrons. The third-order valence-corrected chi connectivity index (χ3v) is 6.06. The summed E-state index contributed by atoms with van der Waals surface area (Å²) in [5.41, 5.74) is 2.59. The van der Waals surface area contributed by atoms with Crippen LogP contribution >= 0.6 is 11.6 Å². The maximum atomic E-state index is 13.0. The van der Waals surface area contributed by atoms with Gasteiger partial charge in [-0.1, -0.05) is 11.6 Å². The molecular formula is C26H17ClO8. The first-order valence-electron chi connectivity index (χ1n) is 10.7. The van der Waals surface area contributed by atoms with Crippen LogP contribution in [0.1, 0.15) is 37.4 Å². The molecular weight excluding hydrogens is 476 g/mol. The zero-order chi connectivity index (χ0) is 24.1. The van der Waals surface area contributed by atoms with Gasteiger partial charge in [-0.3, -0.25) is 4.79 Å². The van der Waals surface area contributed by atoms with Crippen molar-refractivity contribution in [3.63, 3.8) is 0 Å². The van der Waals surface area contributed by atoms with E-state index in [-0.39, 0.29) is 30.9 Å². The predicted molar refractivity (Wildman–Crippen MR) is 123 cm³/mol. The number of ether oxygens (including phenoxy) is 6. The number of carbonyl (C=O) groups is 2. The van der Waals surface area contributed by atoms with Crippen molar-refractivity contribution in [3.8, 4) is 28.7 Å². The van der Waals surface area contributed by atoms with Gasteiger partial charge in [0.05, 0.1) is 17.7 Å². The molecule has 0 radical (unpaired) electrons. The van der Waals surface area contributed by atoms with Crippen molar-refractivity contribution in [2.45, 2.75) is 13.5 Å². The summed E-state index contributed by atoms with van der Waals surface area (Å²) in [6.07, 6.45) is 1.59. The summed E-state index contributed by atoms with van der Waals surface area (Å²) in [6, 6.07) is 11.4. The standard InChI is InChI=1S/C26H17ClO8/c1-13-19(35-26(29)14-2-4-20-21(8-14)32-12-31-20)5-3-18-23(28)22(34-24(13)18)9-15-6-17(27)7-16-10-30-11-33-25(15)16/h2-9H,10-12H2,1H3/b22-9-. The lowest BCUT2D eigenvalue weighted by Gasteiger charge is -2.20. The number of fused-ring (bicyclic) bond motifs is 3. The number of hydrogen-bond acceptors (Lipinski definition) is 8. The van der Waals surface area contributed by atoms with Gasteiger partial charge < -0.3 is 28.4 Å². The van der Waals surface area contributed by atoms with E-state index in [0.29, 0.717) is 56.9 Å². The van der Waals surface area contributed by atoms with Crippen LogP contribution in [0.25, 0.3) is 6.08 Å². The van der Waals surface area contributed by atoms with Crippen molar-refractivity contribution in [2.75, 3.05) is 13.6 Å². The first-order chi connectivity index (χ1) is 17.0. The molecule has 8 nitrogen and oxygen atoms in total. The number of Topliss-reactive ketones (excluding diaryl/α,β-unsaturated/α-hetero) is 1. The Morgan fingerprint density at radius 1 is 1.00 bits per heavy atom. The second-order valence-corrected chi connectivity index (χ2v) is 8.49. The van der Waals surface area contributed by atoms with Crippen LogP contribution in [-0.4, -0.2) is 25.3 Å². The van der Waals surface area contributed by atoms with E-state index in [1.807, 2.05) is 0 Å². The fourth-order valence-electron chi connectivity index (χ4n) is 4.12. The fourth-order valence-corrected chi connectivity index (χ4v) is 4.37. The first-order valence-corrected chi connectivity index (χ1v) is 11.1. The van der Waals surface area contributed by atoms with E-state index in [9.17, 15) is 9.59 Å². The van der Waals surface area contributed by atoms with Crippen LogP contribution < -0.4 is 23.7 Å². The summed E-state index contributed by atoms with van der Waals surface area (Å²) in [5.74, 6) is 1.50. The van der Waals surface area contributed by atoms with Gasteiger partial charge in [-0.05, 0) is 55.5 Å². The van der Waals surface area contributed by atoms with Gasteiger partial charge in [-0.2, -0.15) is 0 Å². The highest BCUT2D eigenvalue weighted by atomic mass is 35.5. The van der Waals surface area contributed by atoms with E-state index in [2.05, 4.69) is 0 Å². The molecule has 3 heterocycles. The molecule has 3 aromatic rings. The maximum absolute atomic E-state index is 13.0. The van der Waals surface area contributed by atoms with Gasteiger partial charge in [-0.25, -0.2) is 4.79 Å². The topological polar surface area (TPSA) is 89.5 Å². The Morgan fingerprint density at radius 3 is 2.74 bits per heavy atom. The summed E-state index contributed by atoms with van der Waals surface area (Å²) >= 11 is 6.24. The molecule has 0 saturated carbocycles. The normalized spacial score (nSPS) is 16.4. The smallest absolute Gasteiger partial charge is 0.343 e. The Kier molecular flexibility index (Phi) is 5.12. The summed E-state index contributed by atoms with van der Waals surface area (Å²) in [4.78, 5) is 25.8. The van der Waals surface area contributed by atoms with Gasteiger partial charge in [0, 0.05) is 21.7 Å². The molecule has 3 aliphatic rings. The van der Waals surface area contributed by atoms with Crippen LogP contribution in [-0.2, 0) is 11.3 Å². The maximum Gasteiger partial charge on any atom is 0.343 e. The number of benzene rings is 3. The Hall–Kier alpha value is -4.01. The lowest BCUT2D eigenvalue weighted by Crippen LogP contribution is -2.12. The van der Waals surface area contributed by atoms with E-state index in [4.69, 9.17) is 40.0 Å². The third-order valence-electron chi connectivity index (χ3n) is 5.84. The lowest BCUT2D eigenvalue weighted by atomic mass is 10.0. The van der Waals surface area contributed by atoms with Crippen molar-refractivity contribution in [1.82, 2.24) is 0 Å². The van der Waals surface area contributed by atoms with Crippen LogP contribution in [0.2, 0.25) is 5.02 Å². The Morgan fingerprint density at radius 2 is 1.86 bits per heavy atom. The van der Waals surface area contributed by atoms with Gasteiger partial charge in [0.2, 0.25) is 12.6 Å².